The standard InChI is InChI=1S/C11H14N2O6S/c1-6(2)20(18,19)10-5-9(12(14)15)7(3)11(8(10)4)13(16)17/h5-6H,1-4H3. The van der Waals surface area contributed by atoms with Gasteiger partial charge in [-0.15, -0.1) is 0 Å². The lowest BCUT2D eigenvalue weighted by Gasteiger charge is -2.12. The van der Waals surface area contributed by atoms with Gasteiger partial charge in [-0.1, -0.05) is 0 Å². The van der Waals surface area contributed by atoms with Gasteiger partial charge in [0.15, 0.2) is 9.84 Å². The summed E-state index contributed by atoms with van der Waals surface area (Å²) in [6.45, 7) is 5.33. The number of sulfone groups is 1. The van der Waals surface area contributed by atoms with Crippen LogP contribution in [0.1, 0.15) is 25.0 Å². The Hall–Kier alpha value is -2.03. The smallest absolute Gasteiger partial charge is 0.258 e. The summed E-state index contributed by atoms with van der Waals surface area (Å²) in [5.41, 5.74) is -1.33. The van der Waals surface area contributed by atoms with Gasteiger partial charge in [-0.05, 0) is 27.7 Å². The van der Waals surface area contributed by atoms with Crippen molar-refractivity contribution in [3.8, 4) is 0 Å². The molecule has 0 saturated carbocycles. The summed E-state index contributed by atoms with van der Waals surface area (Å²) < 4.78 is 24.3. The third kappa shape index (κ3) is 2.48. The Morgan fingerprint density at radius 2 is 1.55 bits per heavy atom. The Labute approximate surface area is 115 Å². The number of nitrogens with zero attached hydrogens (tertiary/aromatic N) is 2. The summed E-state index contributed by atoms with van der Waals surface area (Å²) in [7, 11) is -3.85. The second-order valence-corrected chi connectivity index (χ2v) is 7.07. The fourth-order valence-electron chi connectivity index (χ4n) is 1.87. The van der Waals surface area contributed by atoms with Gasteiger partial charge in [0, 0.05) is 11.6 Å². The second-order valence-electron chi connectivity index (χ2n) is 4.60. The molecule has 0 aliphatic carbocycles. The van der Waals surface area contributed by atoms with Crippen molar-refractivity contribution in [1.82, 2.24) is 0 Å². The highest BCUT2D eigenvalue weighted by molar-refractivity contribution is 7.92. The topological polar surface area (TPSA) is 120 Å². The summed E-state index contributed by atoms with van der Waals surface area (Å²) in [4.78, 5) is 20.0. The largest absolute Gasteiger partial charge is 0.283 e. The van der Waals surface area contributed by atoms with E-state index in [2.05, 4.69) is 0 Å². The molecule has 110 valence electrons. The Morgan fingerprint density at radius 1 is 1.05 bits per heavy atom. The first kappa shape index (κ1) is 16.0. The first-order valence-electron chi connectivity index (χ1n) is 5.68. The molecule has 0 aliphatic heterocycles. The van der Waals surface area contributed by atoms with Crippen molar-refractivity contribution >= 4 is 21.2 Å². The minimum Gasteiger partial charge on any atom is -0.258 e. The molecule has 0 aliphatic rings. The molecule has 9 heteroatoms. The lowest BCUT2D eigenvalue weighted by Crippen LogP contribution is -2.17. The SMILES string of the molecule is Cc1c([N+](=O)[O-])cc(S(=O)(=O)C(C)C)c(C)c1[N+](=O)[O-]. The van der Waals surface area contributed by atoms with Crippen molar-refractivity contribution in [1.29, 1.82) is 0 Å². The summed E-state index contributed by atoms with van der Waals surface area (Å²) in [5, 5.41) is 21.2. The van der Waals surface area contributed by atoms with Gasteiger partial charge in [0.1, 0.15) is 5.56 Å². The predicted molar refractivity (Wildman–Crippen MR) is 71.5 cm³/mol. The fraction of sp³-hybridized carbons (Fsp3) is 0.455. The number of nitro benzene ring substituents is 2. The number of benzene rings is 1. The van der Waals surface area contributed by atoms with E-state index in [1.165, 1.54) is 27.7 Å². The van der Waals surface area contributed by atoms with E-state index in [9.17, 15) is 28.6 Å². The van der Waals surface area contributed by atoms with E-state index in [1.54, 1.807) is 0 Å². The second kappa shape index (κ2) is 5.16. The molecule has 0 N–H and O–H groups in total. The quantitative estimate of drug-likeness (QED) is 0.621. The lowest BCUT2D eigenvalue weighted by atomic mass is 10.1. The van der Waals surface area contributed by atoms with Crippen LogP contribution in [0.4, 0.5) is 11.4 Å². The molecule has 0 amide bonds. The molecule has 0 bridgehead atoms. The number of rotatable bonds is 4. The molecule has 8 nitrogen and oxygen atoms in total. The van der Waals surface area contributed by atoms with Crippen LogP contribution in [0, 0.1) is 34.1 Å². The molecule has 0 atom stereocenters. The predicted octanol–water partition coefficient (Wildman–Crippen LogP) is 2.30. The van der Waals surface area contributed by atoms with Crippen molar-refractivity contribution < 1.29 is 18.3 Å². The van der Waals surface area contributed by atoms with Gasteiger partial charge in [-0.25, -0.2) is 8.42 Å². The molecule has 0 heterocycles. The Bertz CT molecular complexity index is 693. The van der Waals surface area contributed by atoms with Crippen LogP contribution in [0.2, 0.25) is 0 Å². The van der Waals surface area contributed by atoms with Crippen molar-refractivity contribution in [3.63, 3.8) is 0 Å². The van der Waals surface area contributed by atoms with Crippen LogP contribution in [-0.2, 0) is 9.84 Å². The maximum absolute atomic E-state index is 12.2. The molecule has 0 saturated heterocycles. The normalized spacial score (nSPS) is 11.7. The zero-order valence-electron chi connectivity index (χ0n) is 11.4. The minimum atomic E-state index is -3.85. The van der Waals surface area contributed by atoms with Crippen LogP contribution in [0.25, 0.3) is 0 Å². The molecule has 0 unspecified atom stereocenters. The molecule has 1 rings (SSSR count). The van der Waals surface area contributed by atoms with Gasteiger partial charge in [-0.3, -0.25) is 20.2 Å². The summed E-state index contributed by atoms with van der Waals surface area (Å²) in [6.07, 6.45) is 0. The first-order valence-corrected chi connectivity index (χ1v) is 7.23. The average Bonchev–Trinajstić information content (AvgIpc) is 2.27. The molecule has 0 radical (unpaired) electrons. The third-order valence-corrected chi connectivity index (χ3v) is 5.32. The molecule has 1 aromatic rings. The Morgan fingerprint density at radius 3 is 1.90 bits per heavy atom. The minimum absolute atomic E-state index is 0.0770. The molecule has 0 fully saturated rings. The Balaban J connectivity index is 3.90. The van der Waals surface area contributed by atoms with E-state index in [1.807, 2.05) is 0 Å². The molecule has 20 heavy (non-hydrogen) atoms. The van der Waals surface area contributed by atoms with Crippen LogP contribution in [-0.4, -0.2) is 23.5 Å². The highest BCUT2D eigenvalue weighted by Crippen LogP contribution is 2.36. The van der Waals surface area contributed by atoms with Gasteiger partial charge < -0.3 is 0 Å². The van der Waals surface area contributed by atoms with Crippen molar-refractivity contribution in [2.75, 3.05) is 0 Å². The first-order chi connectivity index (χ1) is 9.01. The monoisotopic (exact) mass is 302 g/mol. The molecule has 0 aromatic heterocycles. The van der Waals surface area contributed by atoms with Crippen LogP contribution in [0.15, 0.2) is 11.0 Å². The maximum atomic E-state index is 12.2. The van der Waals surface area contributed by atoms with Crippen molar-refractivity contribution in [2.45, 2.75) is 37.8 Å². The molecular weight excluding hydrogens is 288 g/mol. The zero-order chi connectivity index (χ0) is 15.8. The summed E-state index contributed by atoms with van der Waals surface area (Å²) in [6, 6.07) is 0.896. The van der Waals surface area contributed by atoms with Crippen molar-refractivity contribution in [2.24, 2.45) is 0 Å². The van der Waals surface area contributed by atoms with Crippen molar-refractivity contribution in [3.05, 3.63) is 37.4 Å². The van der Waals surface area contributed by atoms with E-state index >= 15 is 0 Å². The van der Waals surface area contributed by atoms with E-state index < -0.39 is 36.3 Å². The molecule has 0 spiro atoms. The van der Waals surface area contributed by atoms with Crippen LogP contribution in [0.3, 0.4) is 0 Å². The van der Waals surface area contributed by atoms with E-state index in [0.29, 0.717) is 0 Å². The van der Waals surface area contributed by atoms with Gasteiger partial charge in [0.2, 0.25) is 0 Å². The highest BCUT2D eigenvalue weighted by Gasteiger charge is 2.33. The van der Waals surface area contributed by atoms with E-state index in [-0.39, 0.29) is 16.0 Å². The third-order valence-electron chi connectivity index (χ3n) is 3.04. The summed E-state index contributed by atoms with van der Waals surface area (Å²) in [5.74, 6) is 0. The zero-order valence-corrected chi connectivity index (χ0v) is 12.2. The molecule has 1 aromatic carbocycles. The Kier molecular flexibility index (Phi) is 4.13. The number of nitro groups is 2. The number of hydrogen-bond donors (Lipinski definition) is 0. The van der Waals surface area contributed by atoms with Crippen LogP contribution >= 0.6 is 0 Å². The maximum Gasteiger partial charge on any atom is 0.283 e. The van der Waals surface area contributed by atoms with E-state index in [0.717, 1.165) is 6.07 Å². The van der Waals surface area contributed by atoms with Gasteiger partial charge in [-0.2, -0.15) is 0 Å². The highest BCUT2D eigenvalue weighted by atomic mass is 32.2. The van der Waals surface area contributed by atoms with Gasteiger partial charge >= 0.3 is 0 Å². The summed E-state index contributed by atoms with van der Waals surface area (Å²) >= 11 is 0. The van der Waals surface area contributed by atoms with Gasteiger partial charge in [0.05, 0.1) is 20.0 Å². The van der Waals surface area contributed by atoms with Gasteiger partial charge in [0.25, 0.3) is 11.4 Å². The van der Waals surface area contributed by atoms with E-state index in [4.69, 9.17) is 0 Å². The number of hydrogen-bond acceptors (Lipinski definition) is 6. The van der Waals surface area contributed by atoms with Crippen LogP contribution < -0.4 is 0 Å². The van der Waals surface area contributed by atoms with Crippen LogP contribution in [0.5, 0.6) is 0 Å². The average molecular weight is 302 g/mol. The molecular formula is C11H14N2O6S. The fourth-order valence-corrected chi connectivity index (χ4v) is 3.18. The lowest BCUT2D eigenvalue weighted by molar-refractivity contribution is -0.396.